The van der Waals surface area contributed by atoms with Crippen molar-refractivity contribution in [1.29, 1.82) is 0 Å². The molecule has 1 saturated heterocycles. The molecule has 0 aliphatic carbocycles. The Balaban J connectivity index is 2.45. The zero-order chi connectivity index (χ0) is 13.1. The number of alkyl halides is 1. The van der Waals surface area contributed by atoms with Gasteiger partial charge in [-0.25, -0.2) is 4.79 Å². The van der Waals surface area contributed by atoms with Crippen LogP contribution in [0, 0.1) is 5.92 Å². The minimum atomic E-state index is -0.418. The van der Waals surface area contributed by atoms with Crippen molar-refractivity contribution >= 4 is 22.0 Å². The van der Waals surface area contributed by atoms with Crippen LogP contribution in [0.25, 0.3) is 0 Å². The average Bonchev–Trinajstić information content (AvgIpc) is 2.54. The van der Waals surface area contributed by atoms with Gasteiger partial charge < -0.3 is 15.0 Å². The predicted molar refractivity (Wildman–Crippen MR) is 72.6 cm³/mol. The normalized spacial score (nSPS) is 25.1. The topological polar surface area (TPSA) is 41.6 Å². The Morgan fingerprint density at radius 1 is 1.47 bits per heavy atom. The van der Waals surface area contributed by atoms with Crippen molar-refractivity contribution in [3.63, 3.8) is 0 Å². The molecule has 2 atom stereocenters. The number of rotatable bonds is 3. The fraction of sp³-hybridized carbons (Fsp3) is 0.917. The smallest absolute Gasteiger partial charge is 0.410 e. The molecular formula is C12H23BrN2O2. The average molecular weight is 307 g/mol. The maximum Gasteiger partial charge on any atom is 0.410 e. The zero-order valence-corrected chi connectivity index (χ0v) is 12.7. The number of carbonyl (C=O) groups is 1. The van der Waals surface area contributed by atoms with Gasteiger partial charge in [0.15, 0.2) is 0 Å². The van der Waals surface area contributed by atoms with E-state index in [4.69, 9.17) is 4.74 Å². The second-order valence-corrected chi connectivity index (χ2v) is 6.65. The van der Waals surface area contributed by atoms with Crippen molar-refractivity contribution in [3.8, 4) is 0 Å². The number of nitrogens with one attached hydrogen (secondary N) is 1. The molecule has 0 radical (unpaired) electrons. The first-order valence-corrected chi connectivity index (χ1v) is 7.07. The number of ether oxygens (including phenoxy) is 1. The molecule has 1 aliphatic rings. The maximum absolute atomic E-state index is 11.9. The summed E-state index contributed by atoms with van der Waals surface area (Å²) in [5, 5.41) is 3.32. The summed E-state index contributed by atoms with van der Waals surface area (Å²) in [6.45, 7) is 11.1. The van der Waals surface area contributed by atoms with E-state index in [1.54, 1.807) is 4.90 Å². The van der Waals surface area contributed by atoms with Gasteiger partial charge in [0, 0.05) is 30.4 Å². The molecule has 1 rings (SSSR count). The first kappa shape index (κ1) is 14.8. The lowest BCUT2D eigenvalue weighted by Crippen LogP contribution is -2.36. The standard InChI is InChI=1S/C12H23BrN2O2/c1-5-14-6-9-7-15(8-10(9)13)11(16)17-12(2,3)4/h9-10,14H,5-8H2,1-4H3. The molecule has 5 heteroatoms. The van der Waals surface area contributed by atoms with Crippen LogP contribution >= 0.6 is 15.9 Å². The van der Waals surface area contributed by atoms with Gasteiger partial charge in [-0.3, -0.25) is 0 Å². The highest BCUT2D eigenvalue weighted by molar-refractivity contribution is 9.09. The van der Waals surface area contributed by atoms with Crippen molar-refractivity contribution < 1.29 is 9.53 Å². The fourth-order valence-electron chi connectivity index (χ4n) is 1.83. The maximum atomic E-state index is 11.9. The van der Waals surface area contributed by atoms with Gasteiger partial charge in [-0.05, 0) is 27.3 Å². The van der Waals surface area contributed by atoms with Crippen LogP contribution in [0.5, 0.6) is 0 Å². The number of halogens is 1. The molecule has 4 nitrogen and oxygen atoms in total. The summed E-state index contributed by atoms with van der Waals surface area (Å²) in [5.74, 6) is 0.461. The van der Waals surface area contributed by atoms with Crippen molar-refractivity contribution in [3.05, 3.63) is 0 Å². The Bertz CT molecular complexity index is 266. The molecule has 0 spiro atoms. The molecule has 1 heterocycles. The van der Waals surface area contributed by atoms with Crippen molar-refractivity contribution in [2.24, 2.45) is 5.92 Å². The fourth-order valence-corrected chi connectivity index (χ4v) is 2.53. The number of likely N-dealkylation sites (tertiary alicyclic amines) is 1. The number of carbonyl (C=O) groups excluding carboxylic acids is 1. The highest BCUT2D eigenvalue weighted by atomic mass is 79.9. The number of hydrogen-bond acceptors (Lipinski definition) is 3. The second kappa shape index (κ2) is 6.05. The molecule has 100 valence electrons. The van der Waals surface area contributed by atoms with Crippen LogP contribution in [-0.2, 0) is 4.74 Å². The Morgan fingerprint density at radius 2 is 2.12 bits per heavy atom. The van der Waals surface area contributed by atoms with Gasteiger partial charge in [-0.15, -0.1) is 0 Å². The number of hydrogen-bond donors (Lipinski definition) is 1. The summed E-state index contributed by atoms with van der Waals surface area (Å²) < 4.78 is 5.37. The Morgan fingerprint density at radius 3 is 2.65 bits per heavy atom. The van der Waals surface area contributed by atoms with E-state index in [0.29, 0.717) is 10.7 Å². The van der Waals surface area contributed by atoms with E-state index in [9.17, 15) is 4.79 Å². The third kappa shape index (κ3) is 4.84. The van der Waals surface area contributed by atoms with E-state index in [1.807, 2.05) is 20.8 Å². The summed E-state index contributed by atoms with van der Waals surface area (Å²) >= 11 is 3.63. The molecule has 1 aliphatic heterocycles. The van der Waals surface area contributed by atoms with E-state index in [-0.39, 0.29) is 6.09 Å². The highest BCUT2D eigenvalue weighted by Crippen LogP contribution is 2.24. The van der Waals surface area contributed by atoms with Crippen molar-refractivity contribution in [2.75, 3.05) is 26.2 Å². The molecule has 17 heavy (non-hydrogen) atoms. The van der Waals surface area contributed by atoms with Crippen LogP contribution in [0.1, 0.15) is 27.7 Å². The van der Waals surface area contributed by atoms with Gasteiger partial charge in [0.05, 0.1) is 0 Å². The van der Waals surface area contributed by atoms with Crippen LogP contribution in [0.4, 0.5) is 4.79 Å². The predicted octanol–water partition coefficient (Wildman–Crippen LogP) is 2.23. The van der Waals surface area contributed by atoms with E-state index in [2.05, 4.69) is 28.2 Å². The van der Waals surface area contributed by atoms with E-state index < -0.39 is 5.60 Å². The Kier molecular flexibility index (Phi) is 5.25. The van der Waals surface area contributed by atoms with Crippen LogP contribution in [0.3, 0.4) is 0 Å². The Hall–Kier alpha value is -0.290. The van der Waals surface area contributed by atoms with Gasteiger partial charge >= 0.3 is 6.09 Å². The zero-order valence-electron chi connectivity index (χ0n) is 11.1. The molecule has 1 amide bonds. The minimum Gasteiger partial charge on any atom is -0.444 e. The monoisotopic (exact) mass is 306 g/mol. The molecule has 0 saturated carbocycles. The lowest BCUT2D eigenvalue weighted by Gasteiger charge is -2.24. The van der Waals surface area contributed by atoms with E-state index >= 15 is 0 Å². The summed E-state index contributed by atoms with van der Waals surface area (Å²) in [6, 6.07) is 0. The first-order valence-electron chi connectivity index (χ1n) is 6.16. The van der Waals surface area contributed by atoms with Crippen molar-refractivity contribution in [1.82, 2.24) is 10.2 Å². The van der Waals surface area contributed by atoms with Crippen LogP contribution in [0.2, 0.25) is 0 Å². The van der Waals surface area contributed by atoms with Gasteiger partial charge in [0.2, 0.25) is 0 Å². The summed E-state index contributed by atoms with van der Waals surface area (Å²) in [6.07, 6.45) is -0.207. The van der Waals surface area contributed by atoms with Gasteiger partial charge in [-0.2, -0.15) is 0 Å². The van der Waals surface area contributed by atoms with Gasteiger partial charge in [0.1, 0.15) is 5.60 Å². The van der Waals surface area contributed by atoms with E-state index in [0.717, 1.165) is 26.2 Å². The van der Waals surface area contributed by atoms with Crippen LogP contribution in [0.15, 0.2) is 0 Å². The molecule has 1 N–H and O–H groups in total. The summed E-state index contributed by atoms with van der Waals surface area (Å²) in [4.78, 5) is 14.0. The quantitative estimate of drug-likeness (QED) is 0.813. The molecule has 2 unspecified atom stereocenters. The highest BCUT2D eigenvalue weighted by Gasteiger charge is 2.35. The van der Waals surface area contributed by atoms with Gasteiger partial charge in [-0.1, -0.05) is 22.9 Å². The first-order chi connectivity index (χ1) is 7.83. The van der Waals surface area contributed by atoms with E-state index in [1.165, 1.54) is 0 Å². The lowest BCUT2D eigenvalue weighted by molar-refractivity contribution is 0.0289. The molecule has 0 aromatic rings. The lowest BCUT2D eigenvalue weighted by atomic mass is 10.1. The van der Waals surface area contributed by atoms with Crippen LogP contribution in [-0.4, -0.2) is 47.6 Å². The molecular weight excluding hydrogens is 284 g/mol. The summed E-state index contributed by atoms with van der Waals surface area (Å²) in [5.41, 5.74) is -0.418. The molecule has 0 aromatic carbocycles. The molecule has 0 aromatic heterocycles. The van der Waals surface area contributed by atoms with Crippen molar-refractivity contribution in [2.45, 2.75) is 38.1 Å². The Labute approximate surface area is 112 Å². The van der Waals surface area contributed by atoms with Gasteiger partial charge in [0.25, 0.3) is 0 Å². The number of amides is 1. The minimum absolute atomic E-state index is 0.207. The second-order valence-electron chi connectivity index (χ2n) is 5.47. The SMILES string of the molecule is CCNCC1CN(C(=O)OC(C)(C)C)CC1Br. The molecule has 0 bridgehead atoms. The van der Waals surface area contributed by atoms with Crippen LogP contribution < -0.4 is 5.32 Å². The third-order valence-electron chi connectivity index (χ3n) is 2.67. The summed E-state index contributed by atoms with van der Waals surface area (Å²) in [7, 11) is 0. The largest absolute Gasteiger partial charge is 0.444 e. The molecule has 1 fully saturated rings. The third-order valence-corrected chi connectivity index (χ3v) is 3.71. The number of nitrogens with zero attached hydrogens (tertiary/aromatic N) is 1.